The van der Waals surface area contributed by atoms with Gasteiger partial charge in [-0.25, -0.2) is 0 Å². The summed E-state index contributed by atoms with van der Waals surface area (Å²) in [5.41, 5.74) is 17.0. The first-order chi connectivity index (χ1) is 28.2. The third kappa shape index (κ3) is 6.85. The third-order valence-electron chi connectivity index (χ3n) is 11.2. The van der Waals surface area contributed by atoms with E-state index in [1.165, 1.54) is 50.1 Å². The molecule has 0 radical (unpaired) electrons. The molecule has 0 amide bonds. The Kier molecular flexibility index (Phi) is 9.10. The maximum atomic E-state index is 5.08. The molecule has 0 aliphatic heterocycles. The zero-order valence-electron chi connectivity index (χ0n) is 31.4. The van der Waals surface area contributed by atoms with Gasteiger partial charge in [-0.05, 0) is 103 Å². The van der Waals surface area contributed by atoms with Crippen molar-refractivity contribution in [3.8, 4) is 33.4 Å². The van der Waals surface area contributed by atoms with E-state index in [4.69, 9.17) is 15.0 Å². The molecule has 0 N–H and O–H groups in total. The molecule has 6 bridgehead atoms. The van der Waals surface area contributed by atoms with E-state index in [1.807, 2.05) is 36.8 Å². The number of benzene rings is 6. The van der Waals surface area contributed by atoms with Gasteiger partial charge in [0.15, 0.2) is 0 Å². The summed E-state index contributed by atoms with van der Waals surface area (Å²) in [4.78, 5) is 15.2. The van der Waals surface area contributed by atoms with E-state index in [0.29, 0.717) is 0 Å². The second-order valence-electron chi connectivity index (χ2n) is 14.8. The molecule has 0 atom stereocenters. The number of fused-ring (bicyclic) bond motifs is 6. The van der Waals surface area contributed by atoms with Gasteiger partial charge in [-0.2, -0.15) is 0 Å². The van der Waals surface area contributed by atoms with Crippen LogP contribution in [0, 0.1) is 0 Å². The van der Waals surface area contributed by atoms with Gasteiger partial charge in [0.2, 0.25) is 0 Å². The van der Waals surface area contributed by atoms with E-state index in [9.17, 15) is 0 Å². The lowest BCUT2D eigenvalue weighted by atomic mass is 9.76. The quantitative estimate of drug-likeness (QED) is 0.171. The Hall–Kier alpha value is -7.23. The average molecular weight is 730 g/mol. The van der Waals surface area contributed by atoms with Crippen LogP contribution in [0.1, 0.15) is 68.2 Å². The molecule has 9 aromatic rings. The van der Waals surface area contributed by atoms with Crippen LogP contribution in [0.15, 0.2) is 219 Å². The minimum absolute atomic E-state index is 0.164. The number of hydrogen-bond acceptors (Lipinski definition) is 3. The summed E-state index contributed by atoms with van der Waals surface area (Å²) >= 11 is 0. The zero-order chi connectivity index (χ0) is 38.0. The summed E-state index contributed by atoms with van der Waals surface area (Å²) in [6.07, 6.45) is 5.75. The highest BCUT2D eigenvalue weighted by Crippen LogP contribution is 2.45. The van der Waals surface area contributed by atoms with Gasteiger partial charge < -0.3 is 0 Å². The van der Waals surface area contributed by atoms with Gasteiger partial charge in [-0.3, -0.25) is 15.0 Å². The number of pyridine rings is 3. The molecule has 0 unspecified atom stereocenters. The molecule has 10 rings (SSSR count). The third-order valence-corrected chi connectivity index (χ3v) is 11.2. The maximum absolute atomic E-state index is 5.08. The predicted molar refractivity (Wildman–Crippen MR) is 231 cm³/mol. The second-order valence-corrected chi connectivity index (χ2v) is 14.8. The van der Waals surface area contributed by atoms with Crippen molar-refractivity contribution in [2.75, 3.05) is 0 Å². The second kappa shape index (κ2) is 15.1. The van der Waals surface area contributed by atoms with Crippen molar-refractivity contribution in [1.29, 1.82) is 0 Å². The van der Waals surface area contributed by atoms with Crippen molar-refractivity contribution in [1.82, 2.24) is 15.0 Å². The van der Waals surface area contributed by atoms with Crippen LogP contribution in [-0.2, 0) is 0 Å². The molecule has 3 nitrogen and oxygen atoms in total. The van der Waals surface area contributed by atoms with E-state index >= 15 is 0 Å². The van der Waals surface area contributed by atoms with Gasteiger partial charge in [-0.15, -0.1) is 0 Å². The zero-order valence-corrected chi connectivity index (χ0v) is 31.4. The van der Waals surface area contributed by atoms with Crippen molar-refractivity contribution in [2.45, 2.75) is 17.8 Å². The van der Waals surface area contributed by atoms with E-state index in [2.05, 4.69) is 182 Å². The molecular weight excluding hydrogens is 691 g/mol. The van der Waals surface area contributed by atoms with Crippen LogP contribution in [0.2, 0.25) is 0 Å². The smallest absolute Gasteiger partial charge is 0.0522 e. The summed E-state index contributed by atoms with van der Waals surface area (Å²) in [5, 5.41) is 0. The number of nitrogens with zero attached hydrogens (tertiary/aromatic N) is 3. The van der Waals surface area contributed by atoms with Crippen LogP contribution in [0.5, 0.6) is 0 Å². The SMILES string of the molecule is c1ccc(-c2cc3cc(c2)C(c2ccccn2)c2cc(-c4ccccc4)cc(c2)C(c2ccccn2)c2cc(-c4ccccc4)cc(c2)C3c2ccccn2)cc1. The molecule has 0 spiro atoms. The molecular formula is C54H39N3. The summed E-state index contributed by atoms with van der Waals surface area (Å²) in [6, 6.07) is 72.5. The Balaban J connectivity index is 1.37. The predicted octanol–water partition coefficient (Wildman–Crippen LogP) is 12.7. The Morgan fingerprint density at radius 2 is 0.474 bits per heavy atom. The van der Waals surface area contributed by atoms with Crippen LogP contribution in [0.25, 0.3) is 33.4 Å². The van der Waals surface area contributed by atoms with E-state index in [0.717, 1.165) is 33.8 Å². The highest BCUT2D eigenvalue weighted by atomic mass is 14.7. The Morgan fingerprint density at radius 3 is 0.702 bits per heavy atom. The van der Waals surface area contributed by atoms with Gasteiger partial charge >= 0.3 is 0 Å². The lowest BCUT2D eigenvalue weighted by Crippen LogP contribution is -2.14. The summed E-state index contributed by atoms with van der Waals surface area (Å²) in [6.45, 7) is 0. The lowest BCUT2D eigenvalue weighted by molar-refractivity contribution is 0.862. The van der Waals surface area contributed by atoms with Gasteiger partial charge in [0.05, 0.1) is 34.8 Å². The van der Waals surface area contributed by atoms with Gasteiger partial charge in [-0.1, -0.05) is 164 Å². The normalized spacial score (nSPS) is 15.9. The summed E-state index contributed by atoms with van der Waals surface area (Å²) in [7, 11) is 0. The molecule has 57 heavy (non-hydrogen) atoms. The minimum Gasteiger partial charge on any atom is -0.260 e. The largest absolute Gasteiger partial charge is 0.260 e. The van der Waals surface area contributed by atoms with Crippen molar-refractivity contribution in [3.05, 3.63) is 269 Å². The van der Waals surface area contributed by atoms with Crippen LogP contribution < -0.4 is 0 Å². The van der Waals surface area contributed by atoms with E-state index in [1.54, 1.807) is 0 Å². The van der Waals surface area contributed by atoms with Crippen LogP contribution >= 0.6 is 0 Å². The summed E-state index contributed by atoms with van der Waals surface area (Å²) < 4.78 is 0. The van der Waals surface area contributed by atoms with Crippen molar-refractivity contribution >= 4 is 0 Å². The van der Waals surface area contributed by atoms with Gasteiger partial charge in [0.1, 0.15) is 0 Å². The van der Waals surface area contributed by atoms with E-state index < -0.39 is 0 Å². The first-order valence-corrected chi connectivity index (χ1v) is 19.6. The topological polar surface area (TPSA) is 38.7 Å². The fourth-order valence-electron chi connectivity index (χ4n) is 8.66. The fraction of sp³-hybridized carbons (Fsp3) is 0.0556. The van der Waals surface area contributed by atoms with Crippen molar-refractivity contribution < 1.29 is 0 Å². The van der Waals surface area contributed by atoms with Crippen molar-refractivity contribution in [3.63, 3.8) is 0 Å². The number of rotatable bonds is 6. The fourth-order valence-corrected chi connectivity index (χ4v) is 8.66. The first-order valence-electron chi connectivity index (χ1n) is 19.6. The van der Waals surface area contributed by atoms with Gasteiger partial charge in [0.25, 0.3) is 0 Å². The van der Waals surface area contributed by atoms with Crippen LogP contribution in [-0.4, -0.2) is 15.0 Å². The molecule has 1 aliphatic rings. The van der Waals surface area contributed by atoms with Crippen LogP contribution in [0.3, 0.4) is 0 Å². The molecule has 0 saturated carbocycles. The minimum atomic E-state index is -0.164. The molecule has 1 aliphatic carbocycles. The Morgan fingerprint density at radius 1 is 0.228 bits per heavy atom. The van der Waals surface area contributed by atoms with Crippen LogP contribution in [0.4, 0.5) is 0 Å². The highest BCUT2D eigenvalue weighted by molar-refractivity contribution is 5.72. The number of hydrogen-bond donors (Lipinski definition) is 0. The molecule has 3 heterocycles. The average Bonchev–Trinajstić information content (AvgIpc) is 3.28. The Bertz CT molecular complexity index is 2400. The highest BCUT2D eigenvalue weighted by Gasteiger charge is 2.29. The molecule has 270 valence electrons. The Labute approximate surface area is 334 Å². The lowest BCUT2D eigenvalue weighted by Gasteiger charge is -2.28. The first kappa shape index (κ1) is 34.3. The standard InChI is InChI=1S/C54H39N3/c1-4-16-37(17-5-1)40-28-43-34-44(29-40)53(50-23-11-14-26-56-50)46-31-42(39-20-8-3-9-21-39)33-48(36-46)54(51-24-12-15-27-57-51)47-32-41(38-18-6-2-7-19-38)30-45(35-47)52(43)49-22-10-13-25-55-49/h1-36,52-54H. The molecule has 3 heteroatoms. The van der Waals surface area contributed by atoms with Crippen molar-refractivity contribution in [2.24, 2.45) is 0 Å². The molecule has 0 saturated heterocycles. The summed E-state index contributed by atoms with van der Waals surface area (Å²) in [5.74, 6) is -0.493. The maximum Gasteiger partial charge on any atom is 0.0522 e. The number of aromatic nitrogens is 3. The monoisotopic (exact) mass is 729 g/mol. The van der Waals surface area contributed by atoms with E-state index in [-0.39, 0.29) is 17.8 Å². The molecule has 0 fully saturated rings. The van der Waals surface area contributed by atoms with Gasteiger partial charge in [0, 0.05) is 18.6 Å². The molecule has 6 aromatic carbocycles. The molecule has 3 aromatic heterocycles.